The number of carboxylic acid groups (broad SMARTS) is 1. The highest BCUT2D eigenvalue weighted by Crippen LogP contribution is 2.36. The molecule has 1 amide bonds. The third-order valence-electron chi connectivity index (χ3n) is 5.38. The molecule has 3 N–H and O–H groups in total. The number of aliphatic hydroxyl groups excluding tert-OH is 1. The second-order valence-electron chi connectivity index (χ2n) is 7.62. The normalized spacial score (nSPS) is 14.8. The number of aliphatic carboxylic acids is 1. The fourth-order valence-corrected chi connectivity index (χ4v) is 3.92. The summed E-state index contributed by atoms with van der Waals surface area (Å²) in [4.78, 5) is 24.9. The molecule has 0 aliphatic carbocycles. The van der Waals surface area contributed by atoms with E-state index >= 15 is 0 Å². The molecular weight excluding hydrogens is 384 g/mol. The number of amides is 1. The van der Waals surface area contributed by atoms with Gasteiger partial charge in [-0.25, -0.2) is 4.52 Å². The summed E-state index contributed by atoms with van der Waals surface area (Å²) in [5.74, 6) is -1.04. The van der Waals surface area contributed by atoms with Gasteiger partial charge in [0.05, 0.1) is 24.2 Å². The lowest BCUT2D eigenvalue weighted by Crippen LogP contribution is -2.36. The molecule has 0 unspecified atom stereocenters. The van der Waals surface area contributed by atoms with E-state index in [1.54, 1.807) is 10.7 Å². The molecule has 2 aromatic heterocycles. The number of carboxylic acids is 1. The Balaban J connectivity index is 1.78. The monoisotopic (exact) mass is 408 g/mol. The number of anilines is 2. The van der Waals surface area contributed by atoms with Gasteiger partial charge in [0.25, 0.3) is 0 Å². The van der Waals surface area contributed by atoms with Crippen molar-refractivity contribution in [3.63, 3.8) is 0 Å². The number of nitrogens with zero attached hydrogens (tertiary/aromatic N) is 3. The SMILES string of the molecule is CC(=O)Nc1ccc(-c2ccn3ncc(CC(=O)O)c3c2)c(N2CCC(O)CC2)c1. The summed E-state index contributed by atoms with van der Waals surface area (Å²) in [5, 5.41) is 26.1. The number of carbonyl (C=O) groups excluding carboxylic acids is 1. The Morgan fingerprint density at radius 2 is 1.97 bits per heavy atom. The summed E-state index contributed by atoms with van der Waals surface area (Å²) < 4.78 is 1.67. The lowest BCUT2D eigenvalue weighted by atomic mass is 9.99. The van der Waals surface area contributed by atoms with Gasteiger partial charge in [0.1, 0.15) is 0 Å². The number of benzene rings is 1. The zero-order chi connectivity index (χ0) is 21.3. The van der Waals surface area contributed by atoms with Crippen LogP contribution >= 0.6 is 0 Å². The minimum Gasteiger partial charge on any atom is -0.481 e. The summed E-state index contributed by atoms with van der Waals surface area (Å²) in [7, 11) is 0. The van der Waals surface area contributed by atoms with Gasteiger partial charge in [0.2, 0.25) is 5.91 Å². The number of nitrogens with one attached hydrogen (secondary N) is 1. The molecule has 0 radical (unpaired) electrons. The second-order valence-corrected chi connectivity index (χ2v) is 7.62. The van der Waals surface area contributed by atoms with Crippen molar-refractivity contribution < 1.29 is 19.8 Å². The van der Waals surface area contributed by atoms with Crippen molar-refractivity contribution in [2.75, 3.05) is 23.3 Å². The first-order chi connectivity index (χ1) is 14.4. The average Bonchev–Trinajstić information content (AvgIpc) is 3.09. The van der Waals surface area contributed by atoms with Crippen LogP contribution < -0.4 is 10.2 Å². The second kappa shape index (κ2) is 8.16. The number of rotatable bonds is 5. The van der Waals surface area contributed by atoms with E-state index in [1.165, 1.54) is 6.92 Å². The first-order valence-electron chi connectivity index (χ1n) is 9.94. The fraction of sp³-hybridized carbons (Fsp3) is 0.318. The van der Waals surface area contributed by atoms with Crippen LogP contribution in [0.1, 0.15) is 25.3 Å². The van der Waals surface area contributed by atoms with Crippen LogP contribution in [0.2, 0.25) is 0 Å². The first-order valence-corrected chi connectivity index (χ1v) is 9.94. The molecule has 1 fully saturated rings. The lowest BCUT2D eigenvalue weighted by molar-refractivity contribution is -0.136. The van der Waals surface area contributed by atoms with E-state index in [0.29, 0.717) is 24.1 Å². The van der Waals surface area contributed by atoms with Gasteiger partial charge in [0, 0.05) is 48.7 Å². The third-order valence-corrected chi connectivity index (χ3v) is 5.38. The predicted molar refractivity (Wildman–Crippen MR) is 114 cm³/mol. The number of aromatic nitrogens is 2. The summed E-state index contributed by atoms with van der Waals surface area (Å²) >= 11 is 0. The van der Waals surface area contributed by atoms with Crippen molar-refractivity contribution in [2.24, 2.45) is 0 Å². The van der Waals surface area contributed by atoms with Crippen LogP contribution in [0.15, 0.2) is 42.7 Å². The maximum Gasteiger partial charge on any atom is 0.307 e. The molecule has 3 heterocycles. The number of hydrogen-bond donors (Lipinski definition) is 3. The molecule has 1 saturated heterocycles. The minimum atomic E-state index is -0.900. The van der Waals surface area contributed by atoms with Crippen LogP contribution in [0, 0.1) is 0 Å². The summed E-state index contributed by atoms with van der Waals surface area (Å²) in [6.45, 7) is 2.91. The van der Waals surface area contributed by atoms with E-state index in [4.69, 9.17) is 0 Å². The number of hydrogen-bond acceptors (Lipinski definition) is 5. The van der Waals surface area contributed by atoms with Gasteiger partial charge >= 0.3 is 5.97 Å². The van der Waals surface area contributed by atoms with E-state index in [9.17, 15) is 19.8 Å². The predicted octanol–water partition coefficient (Wildman–Crippen LogP) is 2.55. The highest BCUT2D eigenvalue weighted by Gasteiger charge is 2.21. The van der Waals surface area contributed by atoms with E-state index in [0.717, 1.165) is 35.4 Å². The van der Waals surface area contributed by atoms with Crippen LogP contribution in [-0.2, 0) is 16.0 Å². The zero-order valence-electron chi connectivity index (χ0n) is 16.7. The Morgan fingerprint density at radius 1 is 1.20 bits per heavy atom. The molecule has 156 valence electrons. The molecule has 0 bridgehead atoms. The smallest absolute Gasteiger partial charge is 0.307 e. The molecule has 30 heavy (non-hydrogen) atoms. The summed E-state index contributed by atoms with van der Waals surface area (Å²) in [6.07, 6.45) is 4.40. The van der Waals surface area contributed by atoms with Crippen molar-refractivity contribution in [3.05, 3.63) is 48.3 Å². The molecule has 0 saturated carbocycles. The van der Waals surface area contributed by atoms with Crippen LogP contribution in [0.5, 0.6) is 0 Å². The van der Waals surface area contributed by atoms with E-state index in [1.807, 2.05) is 36.5 Å². The van der Waals surface area contributed by atoms with E-state index in [-0.39, 0.29) is 18.4 Å². The molecule has 4 rings (SSSR count). The van der Waals surface area contributed by atoms with E-state index in [2.05, 4.69) is 15.3 Å². The molecule has 0 atom stereocenters. The number of pyridine rings is 1. The van der Waals surface area contributed by atoms with Crippen molar-refractivity contribution in [1.29, 1.82) is 0 Å². The molecule has 1 aliphatic heterocycles. The van der Waals surface area contributed by atoms with Gasteiger partial charge in [-0.15, -0.1) is 0 Å². The summed E-state index contributed by atoms with van der Waals surface area (Å²) in [5.41, 5.74) is 5.00. The van der Waals surface area contributed by atoms with Gasteiger partial charge in [0.15, 0.2) is 0 Å². The van der Waals surface area contributed by atoms with Crippen molar-refractivity contribution in [1.82, 2.24) is 9.61 Å². The van der Waals surface area contributed by atoms with Crippen LogP contribution in [-0.4, -0.2) is 50.9 Å². The Morgan fingerprint density at radius 3 is 2.67 bits per heavy atom. The third kappa shape index (κ3) is 4.13. The number of carbonyl (C=O) groups is 2. The molecule has 1 aromatic carbocycles. The Kier molecular flexibility index (Phi) is 5.41. The highest BCUT2D eigenvalue weighted by molar-refractivity contribution is 5.91. The standard InChI is InChI=1S/C22H24N4O4/c1-14(27)24-17-2-3-19(21(12-17)25-7-5-18(28)6-8-25)15-4-9-26-20(10-15)16(13-23-26)11-22(29)30/h2-4,9-10,12-13,18,28H,5-8,11H2,1H3,(H,24,27)(H,29,30). The lowest BCUT2D eigenvalue weighted by Gasteiger charge is -2.33. The quantitative estimate of drug-likeness (QED) is 0.599. The topological polar surface area (TPSA) is 107 Å². The number of aliphatic hydroxyl groups is 1. The molecule has 3 aromatic rings. The minimum absolute atomic E-state index is 0.0920. The molecule has 8 nitrogen and oxygen atoms in total. The maximum absolute atomic E-state index is 11.5. The molecule has 0 spiro atoms. The van der Waals surface area contributed by atoms with E-state index < -0.39 is 5.97 Å². The Labute approximate surface area is 173 Å². The molecular formula is C22H24N4O4. The Bertz CT molecular complexity index is 1100. The van der Waals surface area contributed by atoms with Crippen molar-refractivity contribution in [2.45, 2.75) is 32.3 Å². The van der Waals surface area contributed by atoms with Gasteiger partial charge in [-0.2, -0.15) is 5.10 Å². The highest BCUT2D eigenvalue weighted by atomic mass is 16.4. The van der Waals surface area contributed by atoms with Crippen molar-refractivity contribution in [3.8, 4) is 11.1 Å². The largest absolute Gasteiger partial charge is 0.481 e. The van der Waals surface area contributed by atoms with Crippen LogP contribution in [0.4, 0.5) is 11.4 Å². The Hall–Kier alpha value is -3.39. The van der Waals surface area contributed by atoms with Gasteiger partial charge in [-0.3, -0.25) is 9.59 Å². The number of piperidine rings is 1. The van der Waals surface area contributed by atoms with Gasteiger partial charge in [-0.1, -0.05) is 6.07 Å². The fourth-order valence-electron chi connectivity index (χ4n) is 3.92. The maximum atomic E-state index is 11.5. The molecule has 8 heteroatoms. The van der Waals surface area contributed by atoms with Crippen LogP contribution in [0.25, 0.3) is 16.6 Å². The zero-order valence-corrected chi connectivity index (χ0v) is 16.7. The first kappa shape index (κ1) is 19.9. The number of fused-ring (bicyclic) bond motifs is 1. The summed E-state index contributed by atoms with van der Waals surface area (Å²) in [6, 6.07) is 9.66. The van der Waals surface area contributed by atoms with Crippen molar-refractivity contribution >= 4 is 28.8 Å². The molecule has 1 aliphatic rings. The van der Waals surface area contributed by atoms with Gasteiger partial charge < -0.3 is 20.4 Å². The average molecular weight is 408 g/mol. The van der Waals surface area contributed by atoms with Gasteiger partial charge in [-0.05, 0) is 42.7 Å². The van der Waals surface area contributed by atoms with Crippen LogP contribution in [0.3, 0.4) is 0 Å².